The van der Waals surface area contributed by atoms with Gasteiger partial charge >= 0.3 is 0 Å². The second-order valence-corrected chi connectivity index (χ2v) is 4.17. The number of hydrogen-bond donors (Lipinski definition) is 3. The second-order valence-electron chi connectivity index (χ2n) is 4.17. The summed E-state index contributed by atoms with van der Waals surface area (Å²) in [5.74, 6) is -0.146. The van der Waals surface area contributed by atoms with Crippen LogP contribution in [0, 0.1) is 0 Å². The lowest BCUT2D eigenvalue weighted by Crippen LogP contribution is -2.37. The standard InChI is InChI=1S/C13H16N4O/c1-9(14)13(18)15-8-10-2-4-11(5-3-10)12-6-7-16-17-12/h2-7,9H,8,14H2,1H3,(H,15,18)(H,16,17). The molecule has 1 unspecified atom stereocenters. The van der Waals surface area contributed by atoms with Gasteiger partial charge in [-0.25, -0.2) is 0 Å². The molecule has 1 amide bonds. The molecule has 5 heteroatoms. The van der Waals surface area contributed by atoms with Crippen molar-refractivity contribution >= 4 is 5.91 Å². The van der Waals surface area contributed by atoms with Crippen LogP contribution in [0.3, 0.4) is 0 Å². The zero-order valence-corrected chi connectivity index (χ0v) is 10.2. The number of carbonyl (C=O) groups is 1. The Balaban J connectivity index is 1.98. The molecule has 1 heterocycles. The van der Waals surface area contributed by atoms with Crippen LogP contribution in [0.25, 0.3) is 11.3 Å². The van der Waals surface area contributed by atoms with Crippen LogP contribution >= 0.6 is 0 Å². The molecule has 4 N–H and O–H groups in total. The molecule has 1 aromatic carbocycles. The predicted molar refractivity (Wildman–Crippen MR) is 69.5 cm³/mol. The molecule has 0 aliphatic rings. The molecule has 0 saturated carbocycles. The van der Waals surface area contributed by atoms with Crippen molar-refractivity contribution in [1.82, 2.24) is 15.5 Å². The van der Waals surface area contributed by atoms with Gasteiger partial charge in [0.25, 0.3) is 0 Å². The number of H-pyrrole nitrogens is 1. The summed E-state index contributed by atoms with van der Waals surface area (Å²) in [6, 6.07) is 9.35. The van der Waals surface area contributed by atoms with Gasteiger partial charge in [-0.3, -0.25) is 9.89 Å². The predicted octanol–water partition coefficient (Wildman–Crippen LogP) is 1.04. The van der Waals surface area contributed by atoms with Gasteiger partial charge in [0, 0.05) is 12.7 Å². The van der Waals surface area contributed by atoms with Gasteiger partial charge in [-0.15, -0.1) is 0 Å². The van der Waals surface area contributed by atoms with E-state index in [1.807, 2.05) is 30.3 Å². The van der Waals surface area contributed by atoms with Crippen LogP contribution in [0.2, 0.25) is 0 Å². The minimum atomic E-state index is -0.478. The van der Waals surface area contributed by atoms with Gasteiger partial charge in [0.1, 0.15) is 0 Å². The second kappa shape index (κ2) is 5.46. The lowest BCUT2D eigenvalue weighted by molar-refractivity contribution is -0.122. The quantitative estimate of drug-likeness (QED) is 0.751. The lowest BCUT2D eigenvalue weighted by Gasteiger charge is -2.08. The van der Waals surface area contributed by atoms with Crippen LogP contribution in [0.1, 0.15) is 12.5 Å². The summed E-state index contributed by atoms with van der Waals surface area (Å²) in [5, 5.41) is 9.57. The third kappa shape index (κ3) is 2.95. The van der Waals surface area contributed by atoms with Gasteiger partial charge in [-0.05, 0) is 24.1 Å². The molecule has 18 heavy (non-hydrogen) atoms. The highest BCUT2D eigenvalue weighted by molar-refractivity contribution is 5.80. The zero-order chi connectivity index (χ0) is 13.0. The van der Waals surface area contributed by atoms with Crippen molar-refractivity contribution in [3.63, 3.8) is 0 Å². The molecule has 0 radical (unpaired) electrons. The first-order valence-corrected chi connectivity index (χ1v) is 5.79. The Morgan fingerprint density at radius 3 is 2.67 bits per heavy atom. The van der Waals surface area contributed by atoms with Crippen LogP contribution in [-0.2, 0) is 11.3 Å². The number of nitrogens with two attached hydrogens (primary N) is 1. The topological polar surface area (TPSA) is 83.8 Å². The fourth-order valence-electron chi connectivity index (χ4n) is 1.57. The van der Waals surface area contributed by atoms with Crippen molar-refractivity contribution in [2.45, 2.75) is 19.5 Å². The van der Waals surface area contributed by atoms with E-state index in [0.717, 1.165) is 16.8 Å². The van der Waals surface area contributed by atoms with E-state index in [9.17, 15) is 4.79 Å². The number of aromatic nitrogens is 2. The zero-order valence-electron chi connectivity index (χ0n) is 10.2. The van der Waals surface area contributed by atoms with Gasteiger partial charge < -0.3 is 11.1 Å². The van der Waals surface area contributed by atoms with Crippen molar-refractivity contribution in [3.05, 3.63) is 42.1 Å². The van der Waals surface area contributed by atoms with Crippen LogP contribution < -0.4 is 11.1 Å². The molecule has 2 aromatic rings. The first-order chi connectivity index (χ1) is 8.66. The summed E-state index contributed by atoms with van der Waals surface area (Å²) in [6.07, 6.45) is 1.71. The highest BCUT2D eigenvalue weighted by Gasteiger charge is 2.06. The number of benzene rings is 1. The summed E-state index contributed by atoms with van der Waals surface area (Å²) >= 11 is 0. The maximum Gasteiger partial charge on any atom is 0.236 e. The van der Waals surface area contributed by atoms with Crippen molar-refractivity contribution in [3.8, 4) is 11.3 Å². The van der Waals surface area contributed by atoms with Gasteiger partial charge in [-0.2, -0.15) is 5.10 Å². The van der Waals surface area contributed by atoms with Crippen LogP contribution in [0.4, 0.5) is 0 Å². The Labute approximate surface area is 105 Å². The van der Waals surface area contributed by atoms with Crippen molar-refractivity contribution in [2.75, 3.05) is 0 Å². The van der Waals surface area contributed by atoms with Gasteiger partial charge in [0.15, 0.2) is 0 Å². The smallest absolute Gasteiger partial charge is 0.236 e. The van der Waals surface area contributed by atoms with Gasteiger partial charge in [0.05, 0.1) is 11.7 Å². The molecular formula is C13H16N4O. The van der Waals surface area contributed by atoms with Crippen LogP contribution in [0.5, 0.6) is 0 Å². The monoisotopic (exact) mass is 244 g/mol. The maximum absolute atomic E-state index is 11.3. The minimum absolute atomic E-state index is 0.146. The number of amides is 1. The van der Waals surface area contributed by atoms with E-state index in [-0.39, 0.29) is 5.91 Å². The number of nitrogens with zero attached hydrogens (tertiary/aromatic N) is 1. The molecule has 0 spiro atoms. The van der Waals surface area contributed by atoms with Crippen molar-refractivity contribution in [1.29, 1.82) is 0 Å². The summed E-state index contributed by atoms with van der Waals surface area (Å²) in [7, 11) is 0. The Morgan fingerprint density at radius 2 is 2.11 bits per heavy atom. The van der Waals surface area contributed by atoms with E-state index in [0.29, 0.717) is 6.54 Å². The Hall–Kier alpha value is -2.14. The van der Waals surface area contributed by atoms with Gasteiger partial charge in [-0.1, -0.05) is 24.3 Å². The Kier molecular flexibility index (Phi) is 3.74. The summed E-state index contributed by atoms with van der Waals surface area (Å²) in [4.78, 5) is 11.3. The SMILES string of the molecule is CC(N)C(=O)NCc1ccc(-c2ccn[nH]2)cc1. The number of rotatable bonds is 4. The lowest BCUT2D eigenvalue weighted by atomic mass is 10.1. The highest BCUT2D eigenvalue weighted by Crippen LogP contribution is 2.16. The first kappa shape index (κ1) is 12.3. The number of hydrogen-bond acceptors (Lipinski definition) is 3. The average Bonchev–Trinajstić information content (AvgIpc) is 2.90. The summed E-state index contributed by atoms with van der Waals surface area (Å²) < 4.78 is 0. The minimum Gasteiger partial charge on any atom is -0.351 e. The van der Waals surface area contributed by atoms with Crippen molar-refractivity contribution in [2.24, 2.45) is 5.73 Å². The first-order valence-electron chi connectivity index (χ1n) is 5.79. The van der Waals surface area contributed by atoms with Crippen LogP contribution in [-0.4, -0.2) is 22.1 Å². The number of carbonyl (C=O) groups excluding carboxylic acids is 1. The Bertz CT molecular complexity index is 502. The van der Waals surface area contributed by atoms with E-state index in [4.69, 9.17) is 5.73 Å². The highest BCUT2D eigenvalue weighted by atomic mass is 16.2. The van der Waals surface area contributed by atoms with E-state index >= 15 is 0 Å². The van der Waals surface area contributed by atoms with Gasteiger partial charge in [0.2, 0.25) is 5.91 Å². The summed E-state index contributed by atoms with van der Waals surface area (Å²) in [6.45, 7) is 2.15. The van der Waals surface area contributed by atoms with E-state index in [1.165, 1.54) is 0 Å². The third-order valence-corrected chi connectivity index (χ3v) is 2.65. The molecule has 0 fully saturated rings. The van der Waals surface area contributed by atoms with Crippen LogP contribution in [0.15, 0.2) is 36.5 Å². The molecule has 1 aromatic heterocycles. The molecule has 94 valence electrons. The van der Waals surface area contributed by atoms with E-state index in [2.05, 4.69) is 15.5 Å². The largest absolute Gasteiger partial charge is 0.351 e. The fourth-order valence-corrected chi connectivity index (χ4v) is 1.57. The maximum atomic E-state index is 11.3. The molecule has 5 nitrogen and oxygen atoms in total. The van der Waals surface area contributed by atoms with Crippen molar-refractivity contribution < 1.29 is 4.79 Å². The molecule has 0 saturated heterocycles. The summed E-state index contributed by atoms with van der Waals surface area (Å²) in [5.41, 5.74) is 8.54. The molecule has 0 aliphatic carbocycles. The molecular weight excluding hydrogens is 228 g/mol. The molecule has 1 atom stereocenters. The third-order valence-electron chi connectivity index (χ3n) is 2.65. The normalized spacial score (nSPS) is 12.1. The van der Waals surface area contributed by atoms with E-state index < -0.39 is 6.04 Å². The number of nitrogens with one attached hydrogen (secondary N) is 2. The molecule has 0 aliphatic heterocycles. The Morgan fingerprint density at radius 1 is 1.39 bits per heavy atom. The average molecular weight is 244 g/mol. The molecule has 2 rings (SSSR count). The number of aromatic amines is 1. The van der Waals surface area contributed by atoms with E-state index in [1.54, 1.807) is 13.1 Å². The molecule has 0 bridgehead atoms. The fraction of sp³-hybridized carbons (Fsp3) is 0.231.